The molecule has 1 atom stereocenters. The first kappa shape index (κ1) is 7.45. The molecule has 1 N–H and O–H groups in total. The highest BCUT2D eigenvalue weighted by atomic mass is 16.3. The smallest absolute Gasteiger partial charge is 0.0622 e. The van der Waals surface area contributed by atoms with Gasteiger partial charge in [0, 0.05) is 6.42 Å². The summed E-state index contributed by atoms with van der Waals surface area (Å²) in [4.78, 5) is 0. The fourth-order valence-electron chi connectivity index (χ4n) is 0.435. The summed E-state index contributed by atoms with van der Waals surface area (Å²) in [6.07, 6.45) is 1.57. The summed E-state index contributed by atoms with van der Waals surface area (Å²) in [5.74, 6) is 0. The molecule has 0 aliphatic heterocycles. The largest absolute Gasteiger partial charge is 0.393 e. The molecule has 0 unspecified atom stereocenters. The maximum absolute atomic E-state index is 8.84. The van der Waals surface area contributed by atoms with Gasteiger partial charge in [0.05, 0.1) is 12.2 Å². The molecule has 0 aliphatic carbocycles. The maximum atomic E-state index is 8.84. The van der Waals surface area contributed by atoms with Gasteiger partial charge in [-0.25, -0.2) is 0 Å². The fraction of sp³-hybridized carbons (Fsp3) is 0.833. The molecule has 0 radical (unpaired) electrons. The molecule has 2 heteroatoms. The number of rotatable bonds is 3. The van der Waals surface area contributed by atoms with Crippen molar-refractivity contribution in [3.63, 3.8) is 0 Å². The van der Waals surface area contributed by atoms with Crippen LogP contribution in [0.4, 0.5) is 0 Å². The highest BCUT2D eigenvalue weighted by Gasteiger charge is 1.96. The van der Waals surface area contributed by atoms with Gasteiger partial charge in [-0.15, -0.1) is 0 Å². The number of aliphatic hydroxyl groups is 1. The maximum Gasteiger partial charge on any atom is 0.0622 e. The zero-order chi connectivity index (χ0) is 6.41. The molecule has 0 fully saturated rings. The number of aliphatic hydroxyl groups excluding tert-OH is 1. The third-order valence-corrected chi connectivity index (χ3v) is 1.06. The van der Waals surface area contributed by atoms with Crippen LogP contribution in [-0.4, -0.2) is 11.2 Å². The predicted octanol–water partition coefficient (Wildman–Crippen LogP) is 1.06. The van der Waals surface area contributed by atoms with Crippen molar-refractivity contribution in [3.8, 4) is 6.07 Å². The Morgan fingerprint density at radius 3 is 2.75 bits per heavy atom. The number of hydrogen-bond donors (Lipinski definition) is 1. The van der Waals surface area contributed by atoms with Gasteiger partial charge in [0.1, 0.15) is 0 Å². The monoisotopic (exact) mass is 113 g/mol. The van der Waals surface area contributed by atoms with Gasteiger partial charge < -0.3 is 5.11 Å². The third kappa shape index (κ3) is 3.63. The Hall–Kier alpha value is -0.550. The van der Waals surface area contributed by atoms with Crippen LogP contribution in [0, 0.1) is 11.3 Å². The van der Waals surface area contributed by atoms with Crippen LogP contribution in [0.3, 0.4) is 0 Å². The molecule has 0 amide bonds. The number of hydrogen-bond acceptors (Lipinski definition) is 2. The Labute approximate surface area is 49.8 Å². The first-order chi connectivity index (χ1) is 3.81. The number of nitriles is 1. The highest BCUT2D eigenvalue weighted by molar-refractivity contribution is 4.70. The predicted molar refractivity (Wildman–Crippen MR) is 31.1 cm³/mol. The van der Waals surface area contributed by atoms with E-state index in [-0.39, 0.29) is 6.10 Å². The van der Waals surface area contributed by atoms with Crippen molar-refractivity contribution in [2.75, 3.05) is 0 Å². The van der Waals surface area contributed by atoms with Gasteiger partial charge in [0.15, 0.2) is 0 Å². The van der Waals surface area contributed by atoms with Crippen molar-refractivity contribution in [1.29, 1.82) is 5.26 Å². The molecule has 0 bridgehead atoms. The summed E-state index contributed by atoms with van der Waals surface area (Å²) < 4.78 is 0. The third-order valence-electron chi connectivity index (χ3n) is 1.06. The van der Waals surface area contributed by atoms with E-state index in [0.717, 1.165) is 6.42 Å². The summed E-state index contributed by atoms with van der Waals surface area (Å²) in [6, 6.07) is 1.97. The SMILES string of the molecule is CC[C@H](O)CCC#N. The Bertz CT molecular complexity index is 85.0. The summed E-state index contributed by atoms with van der Waals surface area (Å²) in [7, 11) is 0. The van der Waals surface area contributed by atoms with Gasteiger partial charge in [0.2, 0.25) is 0 Å². The molecule has 8 heavy (non-hydrogen) atoms. The molecule has 46 valence electrons. The highest BCUT2D eigenvalue weighted by Crippen LogP contribution is 1.98. The Kier molecular flexibility index (Phi) is 4.29. The zero-order valence-electron chi connectivity index (χ0n) is 5.09. The van der Waals surface area contributed by atoms with Crippen LogP contribution >= 0.6 is 0 Å². The van der Waals surface area contributed by atoms with Crippen LogP contribution in [0.1, 0.15) is 26.2 Å². The molecule has 2 nitrogen and oxygen atoms in total. The van der Waals surface area contributed by atoms with Crippen molar-refractivity contribution in [2.45, 2.75) is 32.3 Å². The lowest BCUT2D eigenvalue weighted by atomic mass is 10.2. The zero-order valence-corrected chi connectivity index (χ0v) is 5.09. The van der Waals surface area contributed by atoms with Crippen LogP contribution < -0.4 is 0 Å². The molecule has 0 aromatic carbocycles. The van der Waals surface area contributed by atoms with E-state index in [9.17, 15) is 0 Å². The summed E-state index contributed by atoms with van der Waals surface area (Å²) >= 11 is 0. The average molecular weight is 113 g/mol. The first-order valence-corrected chi connectivity index (χ1v) is 2.86. The quantitative estimate of drug-likeness (QED) is 0.594. The second-order valence-corrected chi connectivity index (χ2v) is 1.76. The second-order valence-electron chi connectivity index (χ2n) is 1.76. The van der Waals surface area contributed by atoms with E-state index in [4.69, 9.17) is 10.4 Å². The van der Waals surface area contributed by atoms with E-state index in [1.54, 1.807) is 0 Å². The van der Waals surface area contributed by atoms with E-state index in [1.165, 1.54) is 0 Å². The molecular formula is C6H11NO. The minimum absolute atomic E-state index is 0.269. The average Bonchev–Trinajstić information content (AvgIpc) is 1.83. The minimum Gasteiger partial charge on any atom is -0.393 e. The second kappa shape index (κ2) is 4.61. The van der Waals surface area contributed by atoms with E-state index in [2.05, 4.69) is 0 Å². The lowest BCUT2D eigenvalue weighted by molar-refractivity contribution is 0.162. The lowest BCUT2D eigenvalue weighted by Crippen LogP contribution is -2.02. The molecule has 0 aromatic heterocycles. The minimum atomic E-state index is -0.269. The first-order valence-electron chi connectivity index (χ1n) is 2.86. The molecule has 0 aromatic rings. The Morgan fingerprint density at radius 1 is 1.75 bits per heavy atom. The lowest BCUT2D eigenvalue weighted by Gasteiger charge is -2.00. The number of nitrogens with zero attached hydrogens (tertiary/aromatic N) is 1. The van der Waals surface area contributed by atoms with Gasteiger partial charge in [-0.1, -0.05) is 6.92 Å². The van der Waals surface area contributed by atoms with Gasteiger partial charge in [0.25, 0.3) is 0 Å². The summed E-state index contributed by atoms with van der Waals surface area (Å²) in [6.45, 7) is 1.90. The topological polar surface area (TPSA) is 44.0 Å². The van der Waals surface area contributed by atoms with Crippen molar-refractivity contribution in [3.05, 3.63) is 0 Å². The van der Waals surface area contributed by atoms with E-state index >= 15 is 0 Å². The molecule has 0 saturated heterocycles. The van der Waals surface area contributed by atoms with Crippen molar-refractivity contribution >= 4 is 0 Å². The van der Waals surface area contributed by atoms with Crippen molar-refractivity contribution < 1.29 is 5.11 Å². The van der Waals surface area contributed by atoms with E-state index in [0.29, 0.717) is 12.8 Å². The van der Waals surface area contributed by atoms with Crippen LogP contribution in [0.2, 0.25) is 0 Å². The molecule has 0 heterocycles. The summed E-state index contributed by atoms with van der Waals surface area (Å²) in [5, 5.41) is 16.9. The fourth-order valence-corrected chi connectivity index (χ4v) is 0.435. The standard InChI is InChI=1S/C6H11NO/c1-2-6(8)4-3-5-7/h6,8H,2-4H2,1H3/t6-/m0/s1. The van der Waals surface area contributed by atoms with Crippen molar-refractivity contribution in [1.82, 2.24) is 0 Å². The van der Waals surface area contributed by atoms with Crippen molar-refractivity contribution in [2.24, 2.45) is 0 Å². The van der Waals surface area contributed by atoms with Crippen LogP contribution in [0.15, 0.2) is 0 Å². The Morgan fingerprint density at radius 2 is 2.38 bits per heavy atom. The molecule has 0 rings (SSSR count). The Balaban J connectivity index is 3.01. The van der Waals surface area contributed by atoms with E-state index in [1.807, 2.05) is 13.0 Å². The van der Waals surface area contributed by atoms with E-state index < -0.39 is 0 Å². The van der Waals surface area contributed by atoms with Crippen LogP contribution in [0.5, 0.6) is 0 Å². The van der Waals surface area contributed by atoms with Crippen LogP contribution in [0.25, 0.3) is 0 Å². The van der Waals surface area contributed by atoms with Crippen LogP contribution in [-0.2, 0) is 0 Å². The normalized spacial score (nSPS) is 12.6. The molecule has 0 spiro atoms. The van der Waals surface area contributed by atoms with Gasteiger partial charge >= 0.3 is 0 Å². The molecule has 0 aliphatic rings. The molecule has 0 saturated carbocycles. The summed E-state index contributed by atoms with van der Waals surface area (Å²) in [5.41, 5.74) is 0. The van der Waals surface area contributed by atoms with Gasteiger partial charge in [-0.05, 0) is 12.8 Å². The van der Waals surface area contributed by atoms with Gasteiger partial charge in [-0.3, -0.25) is 0 Å². The van der Waals surface area contributed by atoms with Gasteiger partial charge in [-0.2, -0.15) is 5.26 Å². The molecular weight excluding hydrogens is 102 g/mol.